The van der Waals surface area contributed by atoms with Crippen molar-refractivity contribution in [3.63, 3.8) is 0 Å². The first kappa shape index (κ1) is 10.4. The fraction of sp³-hybridized carbons (Fsp3) is 0. The summed E-state index contributed by atoms with van der Waals surface area (Å²) in [6, 6.07) is 8.89. The molecule has 84 valence electrons. The lowest BCUT2D eigenvalue weighted by Gasteiger charge is -1.95. The molecule has 3 aromatic rings. The predicted octanol–water partition coefficient (Wildman–Crippen LogP) is 4.61. The van der Waals surface area contributed by atoms with Gasteiger partial charge < -0.3 is 4.42 Å². The van der Waals surface area contributed by atoms with E-state index in [9.17, 15) is 13.3 Å². The maximum absolute atomic E-state index is 13.6. The van der Waals surface area contributed by atoms with Crippen LogP contribution in [-0.4, -0.2) is 0 Å². The number of hydrogen-bond donors (Lipinski definition) is 0. The molecule has 1 atom stereocenters. The Labute approximate surface area is 95.2 Å². The first-order chi connectivity index (χ1) is 8.18. The minimum Gasteiger partial charge on any atom is -0.448 e. The second kappa shape index (κ2) is 3.60. The number of halogens is 2. The molecule has 0 aliphatic heterocycles. The fourth-order valence-corrected chi connectivity index (χ4v) is 3.13. The third-order valence-electron chi connectivity index (χ3n) is 2.54. The van der Waals surface area contributed by atoms with E-state index in [4.69, 9.17) is 4.42 Å². The van der Waals surface area contributed by atoms with Crippen LogP contribution >= 0.6 is 7.41 Å². The maximum atomic E-state index is 13.6. The number of para-hydroxylation sites is 1. The van der Waals surface area contributed by atoms with Crippen LogP contribution in [0.15, 0.2) is 40.8 Å². The molecule has 2 nitrogen and oxygen atoms in total. The van der Waals surface area contributed by atoms with Crippen molar-refractivity contribution in [1.29, 1.82) is 0 Å². The van der Waals surface area contributed by atoms with Gasteiger partial charge in [0.2, 0.25) is 10.9 Å². The van der Waals surface area contributed by atoms with E-state index >= 15 is 0 Å². The van der Waals surface area contributed by atoms with Crippen molar-refractivity contribution < 1.29 is 17.8 Å². The second-order valence-corrected chi connectivity index (χ2v) is 5.09. The van der Waals surface area contributed by atoms with Crippen molar-refractivity contribution in [3.05, 3.63) is 48.0 Å². The van der Waals surface area contributed by atoms with Gasteiger partial charge in [-0.05, 0) is 24.3 Å². The van der Waals surface area contributed by atoms with Crippen LogP contribution in [0, 0.1) is 11.6 Å². The maximum Gasteiger partial charge on any atom is 0.426 e. The molecule has 17 heavy (non-hydrogen) atoms. The highest BCUT2D eigenvalue weighted by Crippen LogP contribution is 2.38. The monoisotopic (exact) mass is 251 g/mol. The summed E-state index contributed by atoms with van der Waals surface area (Å²) in [5.41, 5.74) is 0.538. The van der Waals surface area contributed by atoms with Crippen LogP contribution in [-0.2, 0) is 4.57 Å². The molecule has 1 unspecified atom stereocenters. The molecule has 0 amide bonds. The molecule has 1 heterocycles. The highest BCUT2D eigenvalue weighted by atomic mass is 31.1. The Kier molecular flexibility index (Phi) is 2.20. The van der Waals surface area contributed by atoms with E-state index in [1.54, 1.807) is 24.3 Å². The topological polar surface area (TPSA) is 30.2 Å². The van der Waals surface area contributed by atoms with Crippen molar-refractivity contribution in [1.82, 2.24) is 0 Å². The zero-order chi connectivity index (χ0) is 12.0. The molecule has 0 saturated heterocycles. The molecular formula is C12H6F2O2P+. The van der Waals surface area contributed by atoms with Gasteiger partial charge >= 0.3 is 7.41 Å². The Hall–Kier alpha value is -1.80. The summed E-state index contributed by atoms with van der Waals surface area (Å²) >= 11 is 0. The van der Waals surface area contributed by atoms with Gasteiger partial charge in [-0.3, -0.25) is 0 Å². The van der Waals surface area contributed by atoms with Gasteiger partial charge in [0.25, 0.3) is 5.12 Å². The normalized spacial score (nSPS) is 12.2. The van der Waals surface area contributed by atoms with E-state index in [1.807, 2.05) is 0 Å². The van der Waals surface area contributed by atoms with Crippen molar-refractivity contribution in [2.24, 2.45) is 0 Å². The third-order valence-corrected chi connectivity index (χ3v) is 4.17. The number of benzene rings is 2. The zero-order valence-corrected chi connectivity index (χ0v) is 9.38. The molecule has 0 bridgehead atoms. The number of hydrogen-bond acceptors (Lipinski definition) is 2. The van der Waals surface area contributed by atoms with Crippen molar-refractivity contribution >= 4 is 28.8 Å². The molecule has 0 fully saturated rings. The van der Waals surface area contributed by atoms with Gasteiger partial charge in [-0.2, -0.15) is 4.39 Å². The summed E-state index contributed by atoms with van der Waals surface area (Å²) < 4.78 is 44.2. The van der Waals surface area contributed by atoms with E-state index in [0.717, 1.165) is 6.07 Å². The molecule has 3 rings (SSSR count). The van der Waals surface area contributed by atoms with Gasteiger partial charge in [-0.25, -0.2) is 4.39 Å². The Morgan fingerprint density at radius 3 is 2.59 bits per heavy atom. The lowest BCUT2D eigenvalue weighted by Crippen LogP contribution is -1.84. The molecule has 0 aliphatic rings. The highest BCUT2D eigenvalue weighted by Gasteiger charge is 2.24. The Morgan fingerprint density at radius 1 is 1.00 bits per heavy atom. The fourth-order valence-electron chi connectivity index (χ4n) is 1.74. The van der Waals surface area contributed by atoms with Crippen LogP contribution in [0.1, 0.15) is 0 Å². The second-order valence-electron chi connectivity index (χ2n) is 3.57. The predicted molar refractivity (Wildman–Crippen MR) is 61.2 cm³/mol. The SMILES string of the molecule is O=[p+]1c2ccccc2oc2ccc(F)c(F)c21. The Balaban J connectivity index is 2.66. The average Bonchev–Trinajstić information content (AvgIpc) is 2.34. The molecule has 5 heteroatoms. The van der Waals surface area contributed by atoms with E-state index in [0.29, 0.717) is 10.7 Å². The van der Waals surface area contributed by atoms with Crippen molar-refractivity contribution in [2.45, 2.75) is 0 Å². The van der Waals surface area contributed by atoms with Gasteiger partial charge in [0.1, 0.15) is 0 Å². The minimum absolute atomic E-state index is 0.115. The molecule has 0 radical (unpaired) electrons. The van der Waals surface area contributed by atoms with Crippen LogP contribution in [0.2, 0.25) is 0 Å². The highest BCUT2D eigenvalue weighted by molar-refractivity contribution is 7.48. The first-order valence-electron chi connectivity index (χ1n) is 4.90. The van der Waals surface area contributed by atoms with E-state index in [2.05, 4.69) is 0 Å². The summed E-state index contributed by atoms with van der Waals surface area (Å²) in [6.07, 6.45) is 0. The quantitative estimate of drug-likeness (QED) is 0.546. The molecule has 0 aliphatic carbocycles. The summed E-state index contributed by atoms with van der Waals surface area (Å²) in [6.45, 7) is 0. The lowest BCUT2D eigenvalue weighted by atomic mass is 10.3. The van der Waals surface area contributed by atoms with Gasteiger partial charge in [0.15, 0.2) is 17.0 Å². The van der Waals surface area contributed by atoms with Gasteiger partial charge in [0.05, 0.1) is 0 Å². The molecule has 0 saturated carbocycles. The smallest absolute Gasteiger partial charge is 0.426 e. The Bertz CT molecular complexity index is 795. The molecule has 2 aromatic carbocycles. The van der Waals surface area contributed by atoms with Crippen LogP contribution in [0.3, 0.4) is 0 Å². The average molecular weight is 251 g/mol. The Morgan fingerprint density at radius 2 is 1.76 bits per heavy atom. The van der Waals surface area contributed by atoms with Crippen LogP contribution in [0.4, 0.5) is 8.78 Å². The van der Waals surface area contributed by atoms with Gasteiger partial charge in [-0.15, -0.1) is 0 Å². The van der Waals surface area contributed by atoms with Gasteiger partial charge in [0, 0.05) is 0 Å². The number of fused-ring (bicyclic) bond motifs is 2. The summed E-state index contributed by atoms with van der Waals surface area (Å²) in [7, 11) is -2.15. The summed E-state index contributed by atoms with van der Waals surface area (Å²) in [5.74, 6) is -2.12. The minimum atomic E-state index is -2.15. The van der Waals surface area contributed by atoms with Crippen molar-refractivity contribution in [2.75, 3.05) is 0 Å². The standard InChI is InChI=1S/C12H6F2O2P/c13-7-5-6-9-12(11(7)14)17(15)10-4-2-1-3-8(10)16-9/h1-6H/q+1. The third kappa shape index (κ3) is 1.45. The molecule has 0 N–H and O–H groups in total. The first-order valence-corrected chi connectivity index (χ1v) is 6.16. The molecule has 0 spiro atoms. The largest absolute Gasteiger partial charge is 0.448 e. The van der Waals surface area contributed by atoms with E-state index < -0.39 is 19.0 Å². The molecular weight excluding hydrogens is 245 g/mol. The lowest BCUT2D eigenvalue weighted by molar-refractivity contribution is 0.514. The van der Waals surface area contributed by atoms with Crippen LogP contribution in [0.5, 0.6) is 0 Å². The van der Waals surface area contributed by atoms with Crippen LogP contribution in [0.25, 0.3) is 21.4 Å². The van der Waals surface area contributed by atoms with Gasteiger partial charge in [-0.1, -0.05) is 16.7 Å². The summed E-state index contributed by atoms with van der Waals surface area (Å²) in [4.78, 5) is 0. The van der Waals surface area contributed by atoms with Crippen LogP contribution < -0.4 is 0 Å². The van der Waals surface area contributed by atoms with Crippen molar-refractivity contribution in [3.8, 4) is 0 Å². The number of rotatable bonds is 0. The molecule has 1 aromatic heterocycles. The van der Waals surface area contributed by atoms with E-state index in [1.165, 1.54) is 6.07 Å². The summed E-state index contributed by atoms with van der Waals surface area (Å²) in [5, 5.41) is 0.193. The van der Waals surface area contributed by atoms with E-state index in [-0.39, 0.29) is 10.7 Å². The zero-order valence-electron chi connectivity index (χ0n) is 8.48.